The van der Waals surface area contributed by atoms with Crippen LogP contribution in [0.5, 0.6) is 11.5 Å². The van der Waals surface area contributed by atoms with Gasteiger partial charge in [0, 0.05) is 12.7 Å². The largest absolute Gasteiger partial charge is 0.463 e. The van der Waals surface area contributed by atoms with Crippen LogP contribution in [0.1, 0.15) is 40.4 Å². The second kappa shape index (κ2) is 8.96. The average Bonchev–Trinajstić information content (AvgIpc) is 3.22. The summed E-state index contributed by atoms with van der Waals surface area (Å²) in [6, 6.07) is 13.5. The Kier molecular flexibility index (Phi) is 5.95. The summed E-state index contributed by atoms with van der Waals surface area (Å²) in [6.07, 6.45) is 3.01. The fourth-order valence-electron chi connectivity index (χ4n) is 3.54. The highest BCUT2D eigenvalue weighted by Gasteiger charge is 2.22. The third kappa shape index (κ3) is 4.51. The summed E-state index contributed by atoms with van der Waals surface area (Å²) < 4.78 is 21.4. The third-order valence-electron chi connectivity index (χ3n) is 4.99. The average molecular weight is 396 g/mol. The second-order valence-electron chi connectivity index (χ2n) is 6.90. The second-order valence-corrected chi connectivity index (χ2v) is 6.90. The molecule has 1 aliphatic heterocycles. The number of nitrogens with zero attached hydrogens (tertiary/aromatic N) is 1. The Bertz CT molecular complexity index is 912. The van der Waals surface area contributed by atoms with Crippen molar-refractivity contribution < 1.29 is 23.7 Å². The van der Waals surface area contributed by atoms with Crippen LogP contribution in [0.15, 0.2) is 47.5 Å². The number of hydrogen-bond acceptors (Lipinski definition) is 6. The van der Waals surface area contributed by atoms with E-state index in [1.54, 1.807) is 25.3 Å². The molecular weight excluding hydrogens is 372 g/mol. The Morgan fingerprint density at radius 2 is 2.03 bits per heavy atom. The monoisotopic (exact) mass is 396 g/mol. The summed E-state index contributed by atoms with van der Waals surface area (Å²) in [4.78, 5) is 17.5. The van der Waals surface area contributed by atoms with Crippen LogP contribution in [0.2, 0.25) is 0 Å². The molecule has 4 rings (SSSR count). The first-order valence-corrected chi connectivity index (χ1v) is 9.73. The van der Waals surface area contributed by atoms with Gasteiger partial charge in [0.25, 0.3) is 11.9 Å². The number of fused-ring (bicyclic) bond motifs is 2. The molecule has 7 heteroatoms. The van der Waals surface area contributed by atoms with Crippen LogP contribution in [0, 0.1) is 0 Å². The van der Waals surface area contributed by atoms with Crippen LogP contribution in [-0.2, 0) is 15.9 Å². The lowest BCUT2D eigenvalue weighted by atomic mass is 9.88. The van der Waals surface area contributed by atoms with Gasteiger partial charge in [-0.3, -0.25) is 10.1 Å². The zero-order chi connectivity index (χ0) is 20.1. The minimum Gasteiger partial charge on any atom is -0.463 e. The zero-order valence-electron chi connectivity index (χ0n) is 16.3. The molecule has 1 amide bonds. The van der Waals surface area contributed by atoms with Crippen LogP contribution >= 0.6 is 0 Å². The molecule has 2 aromatic carbocycles. The number of aryl methyl sites for hydroxylation is 1. The molecule has 0 bridgehead atoms. The van der Waals surface area contributed by atoms with Gasteiger partial charge in [-0.15, -0.1) is 0 Å². The van der Waals surface area contributed by atoms with Crippen LogP contribution in [-0.4, -0.2) is 39.0 Å². The number of nitrogens with one attached hydrogen (secondary N) is 1. The number of methoxy groups -OCH3 is 1. The molecular formula is C22H24N2O5. The van der Waals surface area contributed by atoms with Crippen molar-refractivity contribution in [1.29, 1.82) is 0 Å². The van der Waals surface area contributed by atoms with Crippen molar-refractivity contribution in [2.24, 2.45) is 4.99 Å². The molecule has 29 heavy (non-hydrogen) atoms. The normalized spacial score (nSPS) is 17.6. The fraction of sp³-hybridized carbons (Fsp3) is 0.364. The van der Waals surface area contributed by atoms with Crippen molar-refractivity contribution in [3.8, 4) is 11.5 Å². The number of amidine groups is 1. The van der Waals surface area contributed by atoms with E-state index in [1.165, 1.54) is 11.1 Å². The summed E-state index contributed by atoms with van der Waals surface area (Å²) in [5.41, 5.74) is 2.93. The van der Waals surface area contributed by atoms with E-state index in [4.69, 9.17) is 23.9 Å². The summed E-state index contributed by atoms with van der Waals surface area (Å²) in [7, 11) is 1.60. The molecule has 152 valence electrons. The first kappa shape index (κ1) is 19.3. The van der Waals surface area contributed by atoms with E-state index >= 15 is 0 Å². The van der Waals surface area contributed by atoms with Gasteiger partial charge in [0.1, 0.15) is 6.61 Å². The van der Waals surface area contributed by atoms with E-state index in [2.05, 4.69) is 17.4 Å². The first-order valence-electron chi connectivity index (χ1n) is 9.73. The maximum atomic E-state index is 12.8. The predicted octanol–water partition coefficient (Wildman–Crippen LogP) is 3.24. The molecule has 2 aliphatic rings. The molecule has 0 saturated heterocycles. The number of carbonyl (C=O) groups is 1. The van der Waals surface area contributed by atoms with Crippen LogP contribution in [0.25, 0.3) is 0 Å². The number of aliphatic imine (C=N–C) groups is 1. The van der Waals surface area contributed by atoms with Gasteiger partial charge in [0.05, 0.1) is 12.6 Å². The van der Waals surface area contributed by atoms with Gasteiger partial charge in [0.15, 0.2) is 11.5 Å². The number of ether oxygens (including phenoxy) is 4. The van der Waals surface area contributed by atoms with Crippen molar-refractivity contribution in [2.45, 2.75) is 25.3 Å². The number of amides is 1. The molecule has 1 heterocycles. The molecule has 0 radical (unpaired) electrons. The number of rotatable bonds is 5. The van der Waals surface area contributed by atoms with Gasteiger partial charge < -0.3 is 18.9 Å². The van der Waals surface area contributed by atoms with Crippen molar-refractivity contribution in [3.05, 3.63) is 59.2 Å². The predicted molar refractivity (Wildman–Crippen MR) is 107 cm³/mol. The van der Waals surface area contributed by atoms with Gasteiger partial charge >= 0.3 is 0 Å². The summed E-state index contributed by atoms with van der Waals surface area (Å²) in [5, 5.41) is 2.80. The topological polar surface area (TPSA) is 78.4 Å². The highest BCUT2D eigenvalue weighted by molar-refractivity contribution is 6.04. The third-order valence-corrected chi connectivity index (χ3v) is 4.99. The number of hydrogen-bond donors (Lipinski definition) is 1. The Morgan fingerprint density at radius 3 is 2.93 bits per heavy atom. The highest BCUT2D eigenvalue weighted by Crippen LogP contribution is 2.33. The van der Waals surface area contributed by atoms with E-state index in [1.807, 2.05) is 12.1 Å². The molecule has 0 spiro atoms. The summed E-state index contributed by atoms with van der Waals surface area (Å²) in [6.45, 7) is 0.861. The molecule has 1 N–H and O–H groups in total. The Labute approximate surface area is 169 Å². The highest BCUT2D eigenvalue weighted by atomic mass is 16.7. The fourth-order valence-corrected chi connectivity index (χ4v) is 3.54. The lowest BCUT2D eigenvalue weighted by molar-refractivity contribution is 0.0953. The molecule has 0 fully saturated rings. The molecule has 7 nitrogen and oxygen atoms in total. The first-order chi connectivity index (χ1) is 14.2. The number of benzene rings is 2. The Balaban J connectivity index is 1.54. The van der Waals surface area contributed by atoms with Gasteiger partial charge in [-0.25, -0.2) is 4.99 Å². The van der Waals surface area contributed by atoms with Crippen molar-refractivity contribution in [2.75, 3.05) is 27.1 Å². The Hall–Kier alpha value is -3.06. The van der Waals surface area contributed by atoms with E-state index in [-0.39, 0.29) is 24.8 Å². The molecule has 1 aliphatic carbocycles. The van der Waals surface area contributed by atoms with Crippen LogP contribution < -0.4 is 14.8 Å². The zero-order valence-corrected chi connectivity index (χ0v) is 16.3. The minimum atomic E-state index is -0.316. The molecule has 0 unspecified atom stereocenters. The lowest BCUT2D eigenvalue weighted by Gasteiger charge is -2.23. The van der Waals surface area contributed by atoms with E-state index < -0.39 is 0 Å². The maximum absolute atomic E-state index is 12.8. The van der Waals surface area contributed by atoms with Gasteiger partial charge in [-0.05, 0) is 48.6 Å². The van der Waals surface area contributed by atoms with Gasteiger partial charge in [-0.1, -0.05) is 24.3 Å². The van der Waals surface area contributed by atoms with Crippen LogP contribution in [0.3, 0.4) is 0 Å². The van der Waals surface area contributed by atoms with Crippen LogP contribution in [0.4, 0.5) is 0 Å². The lowest BCUT2D eigenvalue weighted by Crippen LogP contribution is -2.34. The van der Waals surface area contributed by atoms with Gasteiger partial charge in [-0.2, -0.15) is 0 Å². The number of carbonyl (C=O) groups excluding carboxylic acids is 1. The molecule has 0 saturated carbocycles. The standard InChI is InChI=1S/C22H24N2O5/c1-26-11-12-27-22(23-18-8-4-6-15-5-2-3-7-17(15)18)24-21(25)16-9-10-19-20(13-16)29-14-28-19/h2-3,5,7,9-10,13,18H,4,6,8,11-12,14H2,1H3,(H,23,24,25)/t18-/m0/s1. The molecule has 1 atom stereocenters. The minimum absolute atomic E-state index is 0.0467. The Morgan fingerprint density at radius 1 is 1.17 bits per heavy atom. The van der Waals surface area contributed by atoms with Crippen molar-refractivity contribution in [1.82, 2.24) is 5.32 Å². The van der Waals surface area contributed by atoms with Crippen molar-refractivity contribution in [3.63, 3.8) is 0 Å². The smallest absolute Gasteiger partial charge is 0.292 e. The molecule has 2 aromatic rings. The van der Waals surface area contributed by atoms with E-state index in [0.29, 0.717) is 30.3 Å². The van der Waals surface area contributed by atoms with E-state index in [0.717, 1.165) is 19.3 Å². The summed E-state index contributed by atoms with van der Waals surface area (Å²) in [5.74, 6) is 0.867. The van der Waals surface area contributed by atoms with Gasteiger partial charge in [0.2, 0.25) is 6.79 Å². The summed E-state index contributed by atoms with van der Waals surface area (Å²) >= 11 is 0. The van der Waals surface area contributed by atoms with Crippen molar-refractivity contribution >= 4 is 11.9 Å². The quantitative estimate of drug-likeness (QED) is 0.477. The molecule has 0 aromatic heterocycles. The van der Waals surface area contributed by atoms with E-state index in [9.17, 15) is 4.79 Å². The SMILES string of the molecule is COCCOC(=N[C@H]1CCCc2ccccc21)NC(=O)c1ccc2c(c1)OCO2. The maximum Gasteiger partial charge on any atom is 0.292 e.